The zero-order chi connectivity index (χ0) is 14.3. The summed E-state index contributed by atoms with van der Waals surface area (Å²) in [5, 5.41) is 3.05. The Labute approximate surface area is 116 Å². The summed E-state index contributed by atoms with van der Waals surface area (Å²) in [6.45, 7) is 11.6. The van der Waals surface area contributed by atoms with Crippen LogP contribution in [0.3, 0.4) is 0 Å². The first-order valence-corrected chi connectivity index (χ1v) is 6.61. The number of guanidine groups is 1. The van der Waals surface area contributed by atoms with Gasteiger partial charge in [0.05, 0.1) is 0 Å². The molecule has 0 fully saturated rings. The third-order valence-corrected chi connectivity index (χ3v) is 2.77. The average molecular weight is 259 g/mol. The number of aliphatic imine (C=N–C) groups is 1. The standard InChI is InChI=1S/C16H25N3/c1-13(2)11-18-15(17)19-12-16(3,4)10-14-8-6-5-7-9-14/h5-9H,1,10-12H2,2-4H3,(H3,17,18,19). The Bertz CT molecular complexity index is 433. The third-order valence-electron chi connectivity index (χ3n) is 2.77. The van der Waals surface area contributed by atoms with Crippen molar-refractivity contribution in [2.75, 3.05) is 13.1 Å². The van der Waals surface area contributed by atoms with Gasteiger partial charge in [0.15, 0.2) is 5.96 Å². The topological polar surface area (TPSA) is 50.4 Å². The molecule has 0 aliphatic carbocycles. The number of rotatable bonds is 6. The van der Waals surface area contributed by atoms with E-state index in [1.807, 2.05) is 13.0 Å². The van der Waals surface area contributed by atoms with Gasteiger partial charge in [0.2, 0.25) is 0 Å². The van der Waals surface area contributed by atoms with Gasteiger partial charge in [-0.25, -0.2) is 0 Å². The summed E-state index contributed by atoms with van der Waals surface area (Å²) in [6.07, 6.45) is 0.991. The predicted octanol–water partition coefficient (Wildman–Crippen LogP) is 2.74. The zero-order valence-corrected chi connectivity index (χ0v) is 12.2. The first-order valence-electron chi connectivity index (χ1n) is 6.61. The van der Waals surface area contributed by atoms with Gasteiger partial charge in [-0.15, -0.1) is 0 Å². The number of nitrogens with two attached hydrogens (primary N) is 1. The molecule has 0 heterocycles. The van der Waals surface area contributed by atoms with Crippen LogP contribution >= 0.6 is 0 Å². The highest BCUT2D eigenvalue weighted by molar-refractivity contribution is 5.78. The van der Waals surface area contributed by atoms with Crippen LogP contribution in [0.5, 0.6) is 0 Å². The lowest BCUT2D eigenvalue weighted by atomic mass is 9.86. The number of nitrogens with zero attached hydrogens (tertiary/aromatic N) is 1. The summed E-state index contributed by atoms with van der Waals surface area (Å²) < 4.78 is 0. The van der Waals surface area contributed by atoms with Crippen LogP contribution in [0.1, 0.15) is 26.3 Å². The second-order valence-corrected chi connectivity index (χ2v) is 5.84. The molecule has 0 saturated heterocycles. The van der Waals surface area contributed by atoms with E-state index in [9.17, 15) is 0 Å². The summed E-state index contributed by atoms with van der Waals surface area (Å²) in [5.74, 6) is 0.490. The number of benzene rings is 1. The van der Waals surface area contributed by atoms with E-state index < -0.39 is 0 Å². The quantitative estimate of drug-likeness (QED) is 0.469. The zero-order valence-electron chi connectivity index (χ0n) is 12.2. The highest BCUT2D eigenvalue weighted by Gasteiger charge is 2.18. The number of hydrogen-bond donors (Lipinski definition) is 2. The van der Waals surface area contributed by atoms with Crippen LogP contribution in [0.4, 0.5) is 0 Å². The Morgan fingerprint density at radius 2 is 1.95 bits per heavy atom. The van der Waals surface area contributed by atoms with E-state index >= 15 is 0 Å². The minimum atomic E-state index is 0.0941. The van der Waals surface area contributed by atoms with Crippen LogP contribution in [0.2, 0.25) is 0 Å². The van der Waals surface area contributed by atoms with Crippen molar-refractivity contribution in [2.24, 2.45) is 16.1 Å². The second kappa shape index (κ2) is 6.98. The van der Waals surface area contributed by atoms with E-state index in [1.165, 1.54) is 5.56 Å². The van der Waals surface area contributed by atoms with Crippen LogP contribution < -0.4 is 11.1 Å². The molecule has 19 heavy (non-hydrogen) atoms. The van der Waals surface area contributed by atoms with Crippen molar-refractivity contribution in [3.63, 3.8) is 0 Å². The molecule has 3 heteroatoms. The molecule has 0 aliphatic heterocycles. The third kappa shape index (κ3) is 6.65. The van der Waals surface area contributed by atoms with Crippen molar-refractivity contribution in [2.45, 2.75) is 27.2 Å². The Morgan fingerprint density at radius 3 is 2.53 bits per heavy atom. The smallest absolute Gasteiger partial charge is 0.188 e. The van der Waals surface area contributed by atoms with E-state index in [-0.39, 0.29) is 5.41 Å². The fraction of sp³-hybridized carbons (Fsp3) is 0.438. The van der Waals surface area contributed by atoms with Crippen molar-refractivity contribution >= 4 is 5.96 Å². The van der Waals surface area contributed by atoms with E-state index in [0.29, 0.717) is 19.0 Å². The van der Waals surface area contributed by atoms with Gasteiger partial charge in [0.25, 0.3) is 0 Å². The molecular weight excluding hydrogens is 234 g/mol. The lowest BCUT2D eigenvalue weighted by Gasteiger charge is -2.22. The molecule has 0 radical (unpaired) electrons. The first kappa shape index (κ1) is 15.3. The second-order valence-electron chi connectivity index (χ2n) is 5.84. The fourth-order valence-corrected chi connectivity index (χ4v) is 1.80. The van der Waals surface area contributed by atoms with Gasteiger partial charge in [-0.3, -0.25) is 4.99 Å². The summed E-state index contributed by atoms with van der Waals surface area (Å²) in [7, 11) is 0. The molecule has 0 spiro atoms. The molecule has 1 aromatic rings. The minimum Gasteiger partial charge on any atom is -0.370 e. The largest absolute Gasteiger partial charge is 0.370 e. The van der Waals surface area contributed by atoms with E-state index in [0.717, 1.165) is 12.0 Å². The first-order chi connectivity index (χ1) is 8.89. The monoisotopic (exact) mass is 259 g/mol. The fourth-order valence-electron chi connectivity index (χ4n) is 1.80. The van der Waals surface area contributed by atoms with E-state index in [2.05, 4.69) is 55.0 Å². The molecule has 0 saturated carbocycles. The Kier molecular flexibility index (Phi) is 5.61. The van der Waals surface area contributed by atoms with Gasteiger partial charge >= 0.3 is 0 Å². The summed E-state index contributed by atoms with van der Waals surface area (Å²) in [4.78, 5) is 4.41. The van der Waals surface area contributed by atoms with Crippen LogP contribution in [0.25, 0.3) is 0 Å². The van der Waals surface area contributed by atoms with Gasteiger partial charge in [0, 0.05) is 13.1 Å². The maximum absolute atomic E-state index is 5.82. The maximum Gasteiger partial charge on any atom is 0.188 e. The molecule has 104 valence electrons. The van der Waals surface area contributed by atoms with Crippen molar-refractivity contribution < 1.29 is 0 Å². The highest BCUT2D eigenvalue weighted by Crippen LogP contribution is 2.21. The summed E-state index contributed by atoms with van der Waals surface area (Å²) in [6, 6.07) is 10.5. The van der Waals surface area contributed by atoms with Crippen LogP contribution in [-0.4, -0.2) is 19.0 Å². The van der Waals surface area contributed by atoms with Crippen molar-refractivity contribution in [3.05, 3.63) is 48.0 Å². The normalized spacial score (nSPS) is 12.3. The van der Waals surface area contributed by atoms with Gasteiger partial charge in [0.1, 0.15) is 0 Å². The average Bonchev–Trinajstić information content (AvgIpc) is 2.34. The van der Waals surface area contributed by atoms with Gasteiger partial charge in [-0.2, -0.15) is 0 Å². The molecule has 3 nitrogen and oxygen atoms in total. The summed E-state index contributed by atoms with van der Waals surface area (Å²) >= 11 is 0. The van der Waals surface area contributed by atoms with Crippen LogP contribution in [0, 0.1) is 5.41 Å². The molecular formula is C16H25N3. The number of hydrogen-bond acceptors (Lipinski definition) is 1. The lowest BCUT2D eigenvalue weighted by Crippen LogP contribution is -2.34. The van der Waals surface area contributed by atoms with Crippen molar-refractivity contribution in [3.8, 4) is 0 Å². The van der Waals surface area contributed by atoms with Gasteiger partial charge in [-0.1, -0.05) is 56.3 Å². The van der Waals surface area contributed by atoms with Crippen molar-refractivity contribution in [1.29, 1.82) is 0 Å². The molecule has 3 N–H and O–H groups in total. The SMILES string of the molecule is C=C(C)CNC(N)=NCC(C)(C)Cc1ccccc1. The van der Waals surface area contributed by atoms with Crippen LogP contribution in [0.15, 0.2) is 47.5 Å². The molecule has 1 rings (SSSR count). The molecule has 0 aromatic heterocycles. The summed E-state index contributed by atoms with van der Waals surface area (Å²) in [5.41, 5.74) is 8.29. The highest BCUT2D eigenvalue weighted by atomic mass is 15.1. The van der Waals surface area contributed by atoms with Crippen molar-refractivity contribution in [1.82, 2.24) is 5.32 Å². The lowest BCUT2D eigenvalue weighted by molar-refractivity contribution is 0.377. The predicted molar refractivity (Wildman–Crippen MR) is 83.2 cm³/mol. The molecule has 0 atom stereocenters. The minimum absolute atomic E-state index is 0.0941. The molecule has 0 bridgehead atoms. The molecule has 0 aliphatic rings. The van der Waals surface area contributed by atoms with E-state index in [1.54, 1.807) is 0 Å². The molecule has 0 unspecified atom stereocenters. The maximum atomic E-state index is 5.82. The Morgan fingerprint density at radius 1 is 1.32 bits per heavy atom. The molecule has 1 aromatic carbocycles. The van der Waals surface area contributed by atoms with E-state index in [4.69, 9.17) is 5.73 Å². The molecule has 0 amide bonds. The number of nitrogens with one attached hydrogen (secondary N) is 1. The van der Waals surface area contributed by atoms with Gasteiger partial charge in [-0.05, 0) is 24.3 Å². The van der Waals surface area contributed by atoms with Gasteiger partial charge < -0.3 is 11.1 Å². The Hall–Kier alpha value is -1.77. The Balaban J connectivity index is 2.50. The van der Waals surface area contributed by atoms with Crippen LogP contribution in [-0.2, 0) is 6.42 Å².